The van der Waals surface area contributed by atoms with Crippen LogP contribution in [-0.4, -0.2) is 36.6 Å². The molecule has 0 bridgehead atoms. The van der Waals surface area contributed by atoms with Gasteiger partial charge in [-0.3, -0.25) is 9.59 Å². The summed E-state index contributed by atoms with van der Waals surface area (Å²) in [5.74, 6) is -0.278. The maximum atomic E-state index is 11.8. The van der Waals surface area contributed by atoms with E-state index < -0.39 is 0 Å². The predicted octanol–water partition coefficient (Wildman–Crippen LogP) is 0.465. The number of oxazole rings is 1. The number of nitrogens with one attached hydrogen (secondary N) is 2. The van der Waals surface area contributed by atoms with Gasteiger partial charge in [-0.05, 0) is 20.9 Å². The first-order valence-corrected chi connectivity index (χ1v) is 6.12. The molecule has 1 amide bonds. The van der Waals surface area contributed by atoms with Crippen LogP contribution in [0.2, 0.25) is 0 Å². The molecule has 7 heteroatoms. The standard InChI is InChI=1S/C12H19N3O4/c1-4-18-11(16)5-8(2)14-12(17)9-7-19-10(15-9)6-13-3/h7-8,13H,4-6H2,1-3H3,(H,14,17). The molecule has 1 heterocycles. The quantitative estimate of drug-likeness (QED) is 0.699. The molecular formula is C12H19N3O4. The summed E-state index contributed by atoms with van der Waals surface area (Å²) >= 11 is 0. The molecule has 1 aromatic rings. The van der Waals surface area contributed by atoms with E-state index in [1.165, 1.54) is 6.26 Å². The van der Waals surface area contributed by atoms with Gasteiger partial charge in [0.05, 0.1) is 19.6 Å². The normalized spacial score (nSPS) is 11.9. The van der Waals surface area contributed by atoms with Crippen molar-refractivity contribution in [2.24, 2.45) is 0 Å². The van der Waals surface area contributed by atoms with E-state index in [9.17, 15) is 9.59 Å². The Bertz CT molecular complexity index is 430. The number of amides is 1. The first kappa shape index (κ1) is 15.2. The molecule has 0 aliphatic heterocycles. The van der Waals surface area contributed by atoms with E-state index >= 15 is 0 Å². The Morgan fingerprint density at radius 2 is 2.26 bits per heavy atom. The molecule has 0 fully saturated rings. The van der Waals surface area contributed by atoms with Crippen LogP contribution in [0.15, 0.2) is 10.7 Å². The summed E-state index contributed by atoms with van der Waals surface area (Å²) < 4.78 is 9.90. The second-order valence-electron chi connectivity index (χ2n) is 4.04. The van der Waals surface area contributed by atoms with Crippen LogP contribution in [0.4, 0.5) is 0 Å². The van der Waals surface area contributed by atoms with Crippen molar-refractivity contribution in [1.29, 1.82) is 0 Å². The van der Waals surface area contributed by atoms with E-state index in [1.54, 1.807) is 20.9 Å². The van der Waals surface area contributed by atoms with E-state index in [2.05, 4.69) is 15.6 Å². The molecule has 7 nitrogen and oxygen atoms in total. The van der Waals surface area contributed by atoms with Gasteiger partial charge in [-0.2, -0.15) is 0 Å². The van der Waals surface area contributed by atoms with Crippen molar-refractivity contribution in [2.75, 3.05) is 13.7 Å². The summed E-state index contributed by atoms with van der Waals surface area (Å²) in [7, 11) is 1.76. The van der Waals surface area contributed by atoms with Gasteiger partial charge < -0.3 is 19.8 Å². The first-order chi connectivity index (χ1) is 9.06. The van der Waals surface area contributed by atoms with Crippen LogP contribution in [0, 0.1) is 0 Å². The van der Waals surface area contributed by atoms with Crippen molar-refractivity contribution in [3.05, 3.63) is 17.8 Å². The number of nitrogens with zero attached hydrogens (tertiary/aromatic N) is 1. The van der Waals surface area contributed by atoms with Gasteiger partial charge in [0, 0.05) is 6.04 Å². The first-order valence-electron chi connectivity index (χ1n) is 6.12. The maximum absolute atomic E-state index is 11.8. The molecule has 1 aromatic heterocycles. The Morgan fingerprint density at radius 3 is 2.89 bits per heavy atom. The maximum Gasteiger partial charge on any atom is 0.307 e. The van der Waals surface area contributed by atoms with Crippen LogP contribution in [0.1, 0.15) is 36.6 Å². The molecule has 1 rings (SSSR count). The zero-order valence-electron chi connectivity index (χ0n) is 11.4. The van der Waals surface area contributed by atoms with Crippen LogP contribution in [0.5, 0.6) is 0 Å². The Balaban J connectivity index is 2.46. The van der Waals surface area contributed by atoms with Crippen molar-refractivity contribution in [3.63, 3.8) is 0 Å². The molecule has 0 aliphatic carbocycles. The fourth-order valence-corrected chi connectivity index (χ4v) is 1.47. The van der Waals surface area contributed by atoms with Crippen molar-refractivity contribution < 1.29 is 18.7 Å². The molecule has 1 atom stereocenters. The minimum absolute atomic E-state index is 0.126. The molecule has 0 aromatic carbocycles. The molecule has 0 aliphatic rings. The van der Waals surface area contributed by atoms with Crippen molar-refractivity contribution in [3.8, 4) is 0 Å². The topological polar surface area (TPSA) is 93.5 Å². The third-order valence-electron chi connectivity index (χ3n) is 2.27. The van der Waals surface area contributed by atoms with Gasteiger partial charge in [0.15, 0.2) is 5.69 Å². The lowest BCUT2D eigenvalue weighted by Crippen LogP contribution is -2.34. The predicted molar refractivity (Wildman–Crippen MR) is 67.4 cm³/mol. The second-order valence-corrected chi connectivity index (χ2v) is 4.04. The van der Waals surface area contributed by atoms with Gasteiger partial charge in [-0.25, -0.2) is 4.98 Å². The number of hydrogen-bond donors (Lipinski definition) is 2. The summed E-state index contributed by atoms with van der Waals surface area (Å²) in [4.78, 5) is 27.1. The highest BCUT2D eigenvalue weighted by molar-refractivity contribution is 5.92. The molecule has 0 saturated heterocycles. The van der Waals surface area contributed by atoms with Crippen LogP contribution in [0.25, 0.3) is 0 Å². The highest BCUT2D eigenvalue weighted by atomic mass is 16.5. The Hall–Kier alpha value is -1.89. The van der Waals surface area contributed by atoms with Gasteiger partial charge in [0.25, 0.3) is 5.91 Å². The van der Waals surface area contributed by atoms with Crippen LogP contribution >= 0.6 is 0 Å². The SMILES string of the molecule is CCOC(=O)CC(C)NC(=O)c1coc(CNC)n1. The summed E-state index contributed by atoms with van der Waals surface area (Å²) in [6.07, 6.45) is 1.42. The van der Waals surface area contributed by atoms with Crippen molar-refractivity contribution in [2.45, 2.75) is 32.9 Å². The Morgan fingerprint density at radius 1 is 1.53 bits per heavy atom. The van der Waals surface area contributed by atoms with E-state index in [1.807, 2.05) is 0 Å². The number of carbonyl (C=O) groups is 2. The number of ether oxygens (including phenoxy) is 1. The zero-order valence-corrected chi connectivity index (χ0v) is 11.4. The summed E-state index contributed by atoms with van der Waals surface area (Å²) in [6.45, 7) is 4.24. The van der Waals surface area contributed by atoms with Gasteiger partial charge in [0.2, 0.25) is 5.89 Å². The molecular weight excluding hydrogens is 250 g/mol. The van der Waals surface area contributed by atoms with E-state index in [0.717, 1.165) is 0 Å². The van der Waals surface area contributed by atoms with Gasteiger partial charge in [0.1, 0.15) is 6.26 Å². The van der Waals surface area contributed by atoms with E-state index in [0.29, 0.717) is 19.0 Å². The highest BCUT2D eigenvalue weighted by Gasteiger charge is 2.16. The molecule has 19 heavy (non-hydrogen) atoms. The number of aromatic nitrogens is 1. The average Bonchev–Trinajstić information content (AvgIpc) is 2.78. The number of rotatable bonds is 7. The molecule has 0 saturated carbocycles. The summed E-state index contributed by atoms with van der Waals surface area (Å²) in [5.41, 5.74) is 0.195. The fraction of sp³-hybridized carbons (Fsp3) is 0.583. The molecule has 2 N–H and O–H groups in total. The van der Waals surface area contributed by atoms with Gasteiger partial charge >= 0.3 is 5.97 Å². The number of carbonyl (C=O) groups excluding carboxylic acids is 2. The smallest absolute Gasteiger partial charge is 0.307 e. The Labute approximate surface area is 111 Å². The molecule has 0 radical (unpaired) electrons. The summed E-state index contributed by atoms with van der Waals surface area (Å²) in [6, 6.07) is -0.323. The minimum atomic E-state index is -0.372. The number of hydrogen-bond acceptors (Lipinski definition) is 6. The molecule has 106 valence electrons. The Kier molecular flexibility index (Phi) is 6.01. The lowest BCUT2D eigenvalue weighted by atomic mass is 10.2. The largest absolute Gasteiger partial charge is 0.466 e. The monoisotopic (exact) mass is 269 g/mol. The van der Waals surface area contributed by atoms with Crippen LogP contribution < -0.4 is 10.6 Å². The zero-order chi connectivity index (χ0) is 14.3. The van der Waals surface area contributed by atoms with Gasteiger partial charge in [-0.15, -0.1) is 0 Å². The second kappa shape index (κ2) is 7.52. The lowest BCUT2D eigenvalue weighted by Gasteiger charge is -2.11. The average molecular weight is 269 g/mol. The molecule has 0 spiro atoms. The van der Waals surface area contributed by atoms with E-state index in [4.69, 9.17) is 9.15 Å². The number of esters is 1. The van der Waals surface area contributed by atoms with E-state index in [-0.39, 0.29) is 30.0 Å². The van der Waals surface area contributed by atoms with Crippen LogP contribution in [-0.2, 0) is 16.1 Å². The van der Waals surface area contributed by atoms with Crippen molar-refractivity contribution in [1.82, 2.24) is 15.6 Å². The van der Waals surface area contributed by atoms with Crippen molar-refractivity contribution >= 4 is 11.9 Å². The minimum Gasteiger partial charge on any atom is -0.466 e. The fourth-order valence-electron chi connectivity index (χ4n) is 1.47. The van der Waals surface area contributed by atoms with Crippen LogP contribution in [0.3, 0.4) is 0 Å². The van der Waals surface area contributed by atoms with Gasteiger partial charge in [-0.1, -0.05) is 0 Å². The summed E-state index contributed by atoms with van der Waals surface area (Å²) in [5, 5.41) is 5.53. The lowest BCUT2D eigenvalue weighted by molar-refractivity contribution is -0.143. The highest BCUT2D eigenvalue weighted by Crippen LogP contribution is 2.03. The third-order valence-corrected chi connectivity index (χ3v) is 2.27. The third kappa shape index (κ3) is 5.09. The molecule has 1 unspecified atom stereocenters.